The van der Waals surface area contributed by atoms with Crippen LogP contribution in [-0.2, 0) is 10.8 Å². The van der Waals surface area contributed by atoms with Gasteiger partial charge < -0.3 is 5.32 Å². The molecule has 0 aromatic carbocycles. The third kappa shape index (κ3) is 3.23. The van der Waals surface area contributed by atoms with Crippen LogP contribution >= 0.6 is 11.8 Å². The highest BCUT2D eigenvalue weighted by Crippen LogP contribution is 2.23. The van der Waals surface area contributed by atoms with Crippen LogP contribution in [0.5, 0.6) is 0 Å². The van der Waals surface area contributed by atoms with Gasteiger partial charge in [-0.2, -0.15) is 0 Å². The van der Waals surface area contributed by atoms with Gasteiger partial charge in [0.2, 0.25) is 0 Å². The van der Waals surface area contributed by atoms with Crippen LogP contribution in [0.2, 0.25) is 0 Å². The summed E-state index contributed by atoms with van der Waals surface area (Å²) < 4.78 is 11.2. The standard InChI is InChI=1S/C11H20N2OS2/c1-8(2)10-7-15-11(13-10)12-9-3-5-16(14)6-4-9/h8-10H,3-7H2,1-2H3,(H,12,13)/t9?,10-,16?/m1/s1. The smallest absolute Gasteiger partial charge is 0.157 e. The summed E-state index contributed by atoms with van der Waals surface area (Å²) in [4.78, 5) is 4.69. The molecule has 0 aliphatic carbocycles. The quantitative estimate of drug-likeness (QED) is 0.820. The number of nitrogens with zero attached hydrogens (tertiary/aromatic N) is 1. The van der Waals surface area contributed by atoms with Crippen molar-refractivity contribution in [3.8, 4) is 0 Å². The lowest BCUT2D eigenvalue weighted by Gasteiger charge is -2.22. The normalized spacial score (nSPS) is 35.2. The molecule has 0 saturated carbocycles. The Kier molecular flexibility index (Phi) is 4.30. The van der Waals surface area contributed by atoms with Crippen molar-refractivity contribution in [2.75, 3.05) is 17.3 Å². The Labute approximate surface area is 104 Å². The average molecular weight is 260 g/mol. The van der Waals surface area contributed by atoms with E-state index in [0.29, 0.717) is 18.0 Å². The first-order chi connectivity index (χ1) is 7.65. The summed E-state index contributed by atoms with van der Waals surface area (Å²) in [6.07, 6.45) is 2.05. The Morgan fingerprint density at radius 3 is 2.69 bits per heavy atom. The molecule has 1 fully saturated rings. The van der Waals surface area contributed by atoms with Crippen LogP contribution in [0.3, 0.4) is 0 Å². The van der Waals surface area contributed by atoms with E-state index >= 15 is 0 Å². The van der Waals surface area contributed by atoms with Crippen molar-refractivity contribution < 1.29 is 4.21 Å². The highest BCUT2D eigenvalue weighted by Gasteiger charge is 2.24. The number of hydrogen-bond donors (Lipinski definition) is 1. The highest BCUT2D eigenvalue weighted by atomic mass is 32.2. The second kappa shape index (κ2) is 5.54. The Morgan fingerprint density at radius 2 is 2.12 bits per heavy atom. The van der Waals surface area contributed by atoms with Gasteiger partial charge in [-0.1, -0.05) is 25.6 Å². The van der Waals surface area contributed by atoms with Gasteiger partial charge in [-0.15, -0.1) is 0 Å². The molecule has 16 heavy (non-hydrogen) atoms. The minimum atomic E-state index is -0.565. The second-order valence-electron chi connectivity index (χ2n) is 4.82. The summed E-state index contributed by atoms with van der Waals surface area (Å²) in [6, 6.07) is 0.972. The number of nitrogens with one attached hydrogen (secondary N) is 1. The molecule has 2 aliphatic rings. The Hall–Kier alpha value is -0.0300. The number of thioether (sulfide) groups is 1. The molecule has 5 heteroatoms. The van der Waals surface area contributed by atoms with Gasteiger partial charge in [0, 0.05) is 34.1 Å². The Morgan fingerprint density at radius 1 is 1.44 bits per heavy atom. The zero-order valence-electron chi connectivity index (χ0n) is 9.94. The molecule has 0 aromatic heterocycles. The lowest BCUT2D eigenvalue weighted by molar-refractivity contribution is 0.532. The lowest BCUT2D eigenvalue weighted by atomic mass is 10.1. The number of aliphatic imine (C=N–C) groups is 1. The first kappa shape index (κ1) is 12.4. The maximum absolute atomic E-state index is 11.2. The topological polar surface area (TPSA) is 41.5 Å². The minimum absolute atomic E-state index is 0.477. The fourth-order valence-corrected chi connectivity index (χ4v) is 4.47. The maximum Gasteiger partial charge on any atom is 0.157 e. The van der Waals surface area contributed by atoms with Gasteiger partial charge in [0.1, 0.15) is 0 Å². The van der Waals surface area contributed by atoms with Crippen molar-refractivity contribution in [3.63, 3.8) is 0 Å². The van der Waals surface area contributed by atoms with Crippen molar-refractivity contribution in [2.24, 2.45) is 10.9 Å². The number of hydrogen-bond acceptors (Lipinski definition) is 4. The lowest BCUT2D eigenvalue weighted by Crippen LogP contribution is -2.38. The monoisotopic (exact) mass is 260 g/mol. The van der Waals surface area contributed by atoms with E-state index in [-0.39, 0.29) is 0 Å². The van der Waals surface area contributed by atoms with Gasteiger partial charge >= 0.3 is 0 Å². The van der Waals surface area contributed by atoms with Gasteiger partial charge in [-0.3, -0.25) is 9.20 Å². The molecule has 1 atom stereocenters. The van der Waals surface area contributed by atoms with E-state index in [1.807, 2.05) is 11.8 Å². The molecule has 0 spiro atoms. The summed E-state index contributed by atoms with van der Waals surface area (Å²) in [5, 5.41) is 4.61. The highest BCUT2D eigenvalue weighted by molar-refractivity contribution is 8.14. The summed E-state index contributed by atoms with van der Waals surface area (Å²) in [6.45, 7) is 4.45. The molecule has 0 unspecified atom stereocenters. The Bertz CT molecular complexity index is 294. The van der Waals surface area contributed by atoms with Crippen molar-refractivity contribution in [1.82, 2.24) is 5.32 Å². The van der Waals surface area contributed by atoms with Crippen LogP contribution < -0.4 is 5.32 Å². The third-order valence-electron chi connectivity index (χ3n) is 3.16. The molecular formula is C11H20N2OS2. The van der Waals surface area contributed by atoms with Crippen LogP contribution in [-0.4, -0.2) is 38.7 Å². The summed E-state index contributed by atoms with van der Waals surface area (Å²) in [5.74, 6) is 3.44. The van der Waals surface area contributed by atoms with E-state index in [9.17, 15) is 4.21 Å². The molecule has 92 valence electrons. The zero-order valence-corrected chi connectivity index (χ0v) is 11.6. The average Bonchev–Trinajstić information content (AvgIpc) is 2.70. The van der Waals surface area contributed by atoms with Crippen molar-refractivity contribution in [1.29, 1.82) is 0 Å². The van der Waals surface area contributed by atoms with Crippen molar-refractivity contribution >= 4 is 27.7 Å². The first-order valence-electron chi connectivity index (χ1n) is 5.97. The molecule has 1 saturated heterocycles. The van der Waals surface area contributed by atoms with Gasteiger partial charge in [0.25, 0.3) is 0 Å². The SMILES string of the molecule is CC(C)[C@H]1CSC(NC2CCS(=O)CC2)=N1. The van der Waals surface area contributed by atoms with Crippen molar-refractivity contribution in [2.45, 2.75) is 38.8 Å². The zero-order chi connectivity index (χ0) is 11.5. The van der Waals surface area contributed by atoms with E-state index in [0.717, 1.165) is 35.3 Å². The minimum Gasteiger partial charge on any atom is -0.362 e. The van der Waals surface area contributed by atoms with E-state index in [2.05, 4.69) is 19.2 Å². The van der Waals surface area contributed by atoms with Crippen molar-refractivity contribution in [3.05, 3.63) is 0 Å². The summed E-state index contributed by atoms with van der Waals surface area (Å²) >= 11 is 1.84. The number of amidine groups is 1. The third-order valence-corrected chi connectivity index (χ3v) is 5.55. The molecule has 2 aliphatic heterocycles. The second-order valence-corrected chi connectivity index (χ2v) is 7.53. The molecule has 1 N–H and O–H groups in total. The molecule has 0 radical (unpaired) electrons. The van der Waals surface area contributed by atoms with Crippen LogP contribution in [0.15, 0.2) is 4.99 Å². The molecule has 0 bridgehead atoms. The molecule has 2 rings (SSSR count). The van der Waals surface area contributed by atoms with E-state index in [4.69, 9.17) is 4.99 Å². The van der Waals surface area contributed by atoms with Gasteiger partial charge in [0.05, 0.1) is 6.04 Å². The fourth-order valence-electron chi connectivity index (χ4n) is 1.92. The molecular weight excluding hydrogens is 240 g/mol. The number of rotatable bonds is 2. The first-order valence-corrected chi connectivity index (χ1v) is 8.44. The molecule has 2 heterocycles. The van der Waals surface area contributed by atoms with Gasteiger partial charge in [-0.05, 0) is 18.8 Å². The van der Waals surface area contributed by atoms with Crippen LogP contribution in [0, 0.1) is 5.92 Å². The summed E-state index contributed by atoms with van der Waals surface area (Å²) in [7, 11) is -0.565. The molecule has 0 aromatic rings. The van der Waals surface area contributed by atoms with Crippen LogP contribution in [0.25, 0.3) is 0 Å². The van der Waals surface area contributed by atoms with Gasteiger partial charge in [0.15, 0.2) is 5.17 Å². The van der Waals surface area contributed by atoms with Crippen LogP contribution in [0.1, 0.15) is 26.7 Å². The van der Waals surface area contributed by atoms with E-state index in [1.165, 1.54) is 0 Å². The predicted molar refractivity (Wildman–Crippen MR) is 72.6 cm³/mol. The van der Waals surface area contributed by atoms with E-state index < -0.39 is 10.8 Å². The van der Waals surface area contributed by atoms with Crippen LogP contribution in [0.4, 0.5) is 0 Å². The predicted octanol–water partition coefficient (Wildman–Crippen LogP) is 1.61. The molecule has 0 amide bonds. The van der Waals surface area contributed by atoms with Gasteiger partial charge in [-0.25, -0.2) is 0 Å². The molecule has 3 nitrogen and oxygen atoms in total. The van der Waals surface area contributed by atoms with E-state index in [1.54, 1.807) is 0 Å². The Balaban J connectivity index is 1.82. The fraction of sp³-hybridized carbons (Fsp3) is 0.909. The largest absolute Gasteiger partial charge is 0.362 e. The summed E-state index contributed by atoms with van der Waals surface area (Å²) in [5.41, 5.74) is 0. The maximum atomic E-state index is 11.2.